The molecule has 0 bridgehead atoms. The maximum Gasteiger partial charge on any atom is 0.197 e. The Labute approximate surface area is 108 Å². The number of rotatable bonds is 0. The molecule has 0 radical (unpaired) electrons. The van der Waals surface area contributed by atoms with Crippen LogP contribution < -0.4 is 5.43 Å². The Morgan fingerprint density at radius 1 is 0.895 bits per heavy atom. The fourth-order valence-corrected chi connectivity index (χ4v) is 2.53. The molecule has 0 amide bonds. The van der Waals surface area contributed by atoms with E-state index in [1.165, 1.54) is 0 Å². The van der Waals surface area contributed by atoms with Crippen LogP contribution in [0.5, 0.6) is 0 Å². The molecule has 4 aromatic rings. The highest BCUT2D eigenvalue weighted by Crippen LogP contribution is 2.21. The number of pyridine rings is 2. The third kappa shape index (κ3) is 1.38. The smallest absolute Gasteiger partial charge is 0.197 e. The number of fused-ring (bicyclic) bond motifs is 4. The number of aromatic nitrogens is 2. The van der Waals surface area contributed by atoms with E-state index >= 15 is 0 Å². The maximum absolute atomic E-state index is 12.5. The summed E-state index contributed by atoms with van der Waals surface area (Å²) in [5, 5.41) is 2.43. The monoisotopic (exact) mass is 246 g/mol. The minimum atomic E-state index is 0.0527. The highest BCUT2D eigenvalue weighted by atomic mass is 16.1. The van der Waals surface area contributed by atoms with Crippen molar-refractivity contribution in [3.63, 3.8) is 0 Å². The molecule has 1 N–H and O–H groups in total. The molecule has 0 saturated heterocycles. The van der Waals surface area contributed by atoms with Crippen LogP contribution in [-0.4, -0.2) is 9.97 Å². The summed E-state index contributed by atoms with van der Waals surface area (Å²) < 4.78 is 0. The van der Waals surface area contributed by atoms with Crippen molar-refractivity contribution in [3.05, 3.63) is 65.0 Å². The lowest BCUT2D eigenvalue weighted by atomic mass is 10.1. The average Bonchev–Trinajstić information content (AvgIpc) is 2.47. The Morgan fingerprint density at radius 2 is 1.79 bits per heavy atom. The lowest BCUT2D eigenvalue weighted by molar-refractivity contribution is 1.40. The van der Waals surface area contributed by atoms with Gasteiger partial charge in [0.1, 0.15) is 0 Å². The number of benzene rings is 2. The van der Waals surface area contributed by atoms with Crippen LogP contribution >= 0.6 is 0 Å². The van der Waals surface area contributed by atoms with Gasteiger partial charge < -0.3 is 4.98 Å². The Morgan fingerprint density at radius 3 is 2.74 bits per heavy atom. The fourth-order valence-electron chi connectivity index (χ4n) is 2.53. The van der Waals surface area contributed by atoms with Gasteiger partial charge in [0.25, 0.3) is 0 Å². The minimum absolute atomic E-state index is 0.0527. The van der Waals surface area contributed by atoms with E-state index in [-0.39, 0.29) is 5.43 Å². The van der Waals surface area contributed by atoms with Crippen LogP contribution in [0, 0.1) is 0 Å². The highest BCUT2D eigenvalue weighted by Gasteiger charge is 2.08. The molecule has 0 fully saturated rings. The van der Waals surface area contributed by atoms with Crippen molar-refractivity contribution in [1.29, 1.82) is 0 Å². The molecule has 3 nitrogen and oxygen atoms in total. The van der Waals surface area contributed by atoms with Gasteiger partial charge in [0.15, 0.2) is 5.43 Å². The molecule has 0 aliphatic heterocycles. The first-order chi connectivity index (χ1) is 9.34. The van der Waals surface area contributed by atoms with Gasteiger partial charge in [-0.2, -0.15) is 0 Å². The molecule has 0 spiro atoms. The first kappa shape index (κ1) is 10.3. The molecular weight excluding hydrogens is 236 g/mol. The molecule has 90 valence electrons. The average molecular weight is 246 g/mol. The van der Waals surface area contributed by atoms with Gasteiger partial charge in [0, 0.05) is 27.9 Å². The van der Waals surface area contributed by atoms with Crippen molar-refractivity contribution in [3.8, 4) is 0 Å². The highest BCUT2D eigenvalue weighted by molar-refractivity contribution is 6.06. The summed E-state index contributed by atoms with van der Waals surface area (Å²) in [4.78, 5) is 20.2. The largest absolute Gasteiger partial charge is 0.353 e. The Kier molecular flexibility index (Phi) is 1.97. The molecule has 2 aromatic carbocycles. The van der Waals surface area contributed by atoms with Gasteiger partial charge in [0.2, 0.25) is 0 Å². The second-order valence-electron chi connectivity index (χ2n) is 4.56. The van der Waals surface area contributed by atoms with E-state index in [9.17, 15) is 4.79 Å². The fraction of sp³-hybridized carbons (Fsp3) is 0. The van der Waals surface area contributed by atoms with Crippen LogP contribution in [-0.2, 0) is 0 Å². The zero-order chi connectivity index (χ0) is 12.8. The number of H-pyrrole nitrogens is 1. The van der Waals surface area contributed by atoms with E-state index in [1.54, 1.807) is 6.20 Å². The van der Waals surface area contributed by atoms with Gasteiger partial charge in [-0.15, -0.1) is 0 Å². The lowest BCUT2D eigenvalue weighted by Crippen LogP contribution is -2.04. The molecular formula is C16H10N2O. The van der Waals surface area contributed by atoms with Crippen molar-refractivity contribution in [2.75, 3.05) is 0 Å². The van der Waals surface area contributed by atoms with Crippen molar-refractivity contribution >= 4 is 32.7 Å². The zero-order valence-electron chi connectivity index (χ0n) is 10.1. The van der Waals surface area contributed by atoms with Crippen LogP contribution in [0.4, 0.5) is 0 Å². The van der Waals surface area contributed by atoms with Gasteiger partial charge in [-0.1, -0.05) is 24.3 Å². The lowest BCUT2D eigenvalue weighted by Gasteiger charge is -2.05. The zero-order valence-corrected chi connectivity index (χ0v) is 10.1. The summed E-state index contributed by atoms with van der Waals surface area (Å²) >= 11 is 0. The molecule has 3 heteroatoms. The maximum atomic E-state index is 12.5. The van der Waals surface area contributed by atoms with Gasteiger partial charge >= 0.3 is 0 Å². The standard InChI is InChI=1S/C16H10N2O/c19-16-11-5-1-2-6-13(11)18-15-12(16)8-7-10-4-3-9-17-14(10)15/h1-9H,(H,18,19). The quantitative estimate of drug-likeness (QED) is 0.382. The van der Waals surface area contributed by atoms with Gasteiger partial charge in [-0.3, -0.25) is 9.78 Å². The van der Waals surface area contributed by atoms with Crippen molar-refractivity contribution in [2.45, 2.75) is 0 Å². The van der Waals surface area contributed by atoms with Crippen LogP contribution in [0.2, 0.25) is 0 Å². The summed E-state index contributed by atoms with van der Waals surface area (Å²) in [5.74, 6) is 0. The van der Waals surface area contributed by atoms with Crippen LogP contribution in [0.15, 0.2) is 59.5 Å². The third-order valence-corrected chi connectivity index (χ3v) is 3.45. The third-order valence-electron chi connectivity index (χ3n) is 3.45. The second kappa shape index (κ2) is 3.65. The van der Waals surface area contributed by atoms with Crippen molar-refractivity contribution in [1.82, 2.24) is 9.97 Å². The summed E-state index contributed by atoms with van der Waals surface area (Å²) in [5.41, 5.74) is 2.54. The summed E-state index contributed by atoms with van der Waals surface area (Å²) in [6.45, 7) is 0. The van der Waals surface area contributed by atoms with Crippen molar-refractivity contribution < 1.29 is 0 Å². The van der Waals surface area contributed by atoms with Crippen LogP contribution in [0.3, 0.4) is 0 Å². The first-order valence-corrected chi connectivity index (χ1v) is 6.13. The number of aromatic amines is 1. The molecule has 2 heterocycles. The Bertz CT molecular complexity index is 986. The first-order valence-electron chi connectivity index (χ1n) is 6.13. The van der Waals surface area contributed by atoms with E-state index in [4.69, 9.17) is 0 Å². The van der Waals surface area contributed by atoms with E-state index in [0.29, 0.717) is 10.8 Å². The summed E-state index contributed by atoms with van der Waals surface area (Å²) in [7, 11) is 0. The molecule has 0 unspecified atom stereocenters. The molecule has 19 heavy (non-hydrogen) atoms. The predicted molar refractivity (Wildman–Crippen MR) is 77.4 cm³/mol. The Balaban J connectivity index is 2.36. The van der Waals surface area contributed by atoms with E-state index in [2.05, 4.69) is 9.97 Å². The normalized spacial score (nSPS) is 11.4. The molecule has 0 aliphatic rings. The molecule has 2 aromatic heterocycles. The van der Waals surface area contributed by atoms with Crippen LogP contribution in [0.25, 0.3) is 32.7 Å². The topological polar surface area (TPSA) is 45.8 Å². The molecule has 0 aliphatic carbocycles. The minimum Gasteiger partial charge on any atom is -0.353 e. The predicted octanol–water partition coefficient (Wildman–Crippen LogP) is 3.23. The van der Waals surface area contributed by atoms with E-state index in [1.807, 2.05) is 48.5 Å². The summed E-state index contributed by atoms with van der Waals surface area (Å²) in [6.07, 6.45) is 1.75. The van der Waals surface area contributed by atoms with E-state index in [0.717, 1.165) is 21.9 Å². The number of nitrogens with zero attached hydrogens (tertiary/aromatic N) is 1. The van der Waals surface area contributed by atoms with Gasteiger partial charge in [-0.05, 0) is 24.3 Å². The van der Waals surface area contributed by atoms with Gasteiger partial charge in [0.05, 0.1) is 11.0 Å². The number of hydrogen-bond acceptors (Lipinski definition) is 2. The second-order valence-corrected chi connectivity index (χ2v) is 4.56. The van der Waals surface area contributed by atoms with E-state index < -0.39 is 0 Å². The van der Waals surface area contributed by atoms with Crippen LogP contribution in [0.1, 0.15) is 0 Å². The number of para-hydroxylation sites is 1. The molecule has 4 rings (SSSR count). The Hall–Kier alpha value is -2.68. The van der Waals surface area contributed by atoms with Gasteiger partial charge in [-0.25, -0.2) is 0 Å². The van der Waals surface area contributed by atoms with Crippen molar-refractivity contribution in [2.24, 2.45) is 0 Å². The summed E-state index contributed by atoms with van der Waals surface area (Å²) in [6, 6.07) is 15.3. The molecule has 0 saturated carbocycles. The number of hydrogen-bond donors (Lipinski definition) is 1. The number of nitrogens with one attached hydrogen (secondary N) is 1. The SMILES string of the molecule is O=c1c2ccccc2[nH]c2c1ccc1cccnc12. The molecule has 0 atom stereocenters.